The number of hydrogen-bond acceptors (Lipinski definition) is 1. The first kappa shape index (κ1) is 11.0. The molecular weight excluding hydrogens is 136 g/mol. The summed E-state index contributed by atoms with van der Waals surface area (Å²) in [5.41, 5.74) is 0. The first-order valence-electron chi connectivity index (χ1n) is 4.60. The van der Waals surface area contributed by atoms with Crippen LogP contribution in [0.5, 0.6) is 0 Å². The number of ether oxygens (including phenoxy) is 1. The van der Waals surface area contributed by atoms with E-state index in [0.717, 1.165) is 0 Å². The Bertz CT molecular complexity index is 97.0. The third kappa shape index (κ3) is 4.41. The fourth-order valence-corrected chi connectivity index (χ4v) is 1.10. The van der Waals surface area contributed by atoms with Gasteiger partial charge in [-0.1, -0.05) is 20.8 Å². The molecule has 2 unspecified atom stereocenters. The predicted octanol–water partition coefficient (Wildman–Crippen LogP) is 3.09. The highest BCUT2D eigenvalue weighted by Gasteiger charge is 2.16. The van der Waals surface area contributed by atoms with Crippen LogP contribution in [0.3, 0.4) is 0 Å². The molecule has 1 nitrogen and oxygen atoms in total. The Balaban J connectivity index is 3.73. The quantitative estimate of drug-likeness (QED) is 0.611. The van der Waals surface area contributed by atoms with Crippen LogP contribution in [0.2, 0.25) is 0 Å². The monoisotopic (exact) mass is 158 g/mol. The molecule has 0 spiro atoms. The zero-order valence-electron chi connectivity index (χ0n) is 8.72. The zero-order chi connectivity index (χ0) is 9.02. The number of rotatable bonds is 4. The van der Waals surface area contributed by atoms with Gasteiger partial charge in [0.15, 0.2) is 0 Å². The van der Waals surface area contributed by atoms with Gasteiger partial charge in [-0.05, 0) is 32.6 Å². The van der Waals surface area contributed by atoms with Crippen molar-refractivity contribution >= 4 is 0 Å². The van der Waals surface area contributed by atoms with Crippen LogP contribution in [0.1, 0.15) is 41.5 Å². The highest BCUT2D eigenvalue weighted by molar-refractivity contribution is 4.65. The first-order valence-corrected chi connectivity index (χ1v) is 4.60. The van der Waals surface area contributed by atoms with E-state index in [-0.39, 0.29) is 0 Å². The first-order chi connectivity index (χ1) is 4.95. The van der Waals surface area contributed by atoms with Crippen LogP contribution < -0.4 is 0 Å². The normalized spacial score (nSPS) is 17.5. The molecule has 2 atom stereocenters. The van der Waals surface area contributed by atoms with Crippen molar-refractivity contribution in [1.82, 2.24) is 0 Å². The molecule has 0 bridgehead atoms. The molecule has 0 saturated heterocycles. The summed E-state index contributed by atoms with van der Waals surface area (Å²) in [5.74, 6) is 1.36. The molecule has 0 aromatic rings. The van der Waals surface area contributed by atoms with Gasteiger partial charge >= 0.3 is 0 Å². The molecule has 0 aromatic heterocycles. The fraction of sp³-hybridized carbons (Fsp3) is 1.00. The molecule has 0 saturated carbocycles. The molecule has 68 valence electrons. The maximum absolute atomic E-state index is 5.67. The molecule has 11 heavy (non-hydrogen) atoms. The smallest absolute Gasteiger partial charge is 0.0578 e. The van der Waals surface area contributed by atoms with Gasteiger partial charge in [0, 0.05) is 0 Å². The van der Waals surface area contributed by atoms with Crippen LogP contribution in [0.4, 0.5) is 0 Å². The van der Waals surface area contributed by atoms with E-state index in [1.54, 1.807) is 0 Å². The molecule has 0 amide bonds. The van der Waals surface area contributed by atoms with Crippen LogP contribution in [-0.2, 0) is 4.74 Å². The minimum atomic E-state index is 0.353. The molecule has 1 heteroatoms. The van der Waals surface area contributed by atoms with Crippen molar-refractivity contribution in [3.63, 3.8) is 0 Å². The molecule has 0 aliphatic rings. The maximum Gasteiger partial charge on any atom is 0.0578 e. The van der Waals surface area contributed by atoms with E-state index >= 15 is 0 Å². The van der Waals surface area contributed by atoms with E-state index in [0.29, 0.717) is 24.0 Å². The van der Waals surface area contributed by atoms with Crippen molar-refractivity contribution in [3.05, 3.63) is 0 Å². The fourth-order valence-electron chi connectivity index (χ4n) is 1.10. The average molecular weight is 158 g/mol. The molecular formula is C10H22O. The topological polar surface area (TPSA) is 9.23 Å². The van der Waals surface area contributed by atoms with Gasteiger partial charge in [0.1, 0.15) is 0 Å². The van der Waals surface area contributed by atoms with Crippen LogP contribution in [0.15, 0.2) is 0 Å². The van der Waals surface area contributed by atoms with Crippen molar-refractivity contribution in [2.75, 3.05) is 0 Å². The van der Waals surface area contributed by atoms with Gasteiger partial charge in [-0.3, -0.25) is 0 Å². The largest absolute Gasteiger partial charge is 0.376 e. The molecule has 0 aliphatic heterocycles. The van der Waals surface area contributed by atoms with Gasteiger partial charge in [-0.2, -0.15) is 0 Å². The summed E-state index contributed by atoms with van der Waals surface area (Å²) in [7, 11) is 0. The third-order valence-electron chi connectivity index (χ3n) is 2.28. The Hall–Kier alpha value is -0.0400. The average Bonchev–Trinajstić information content (AvgIpc) is 1.84. The van der Waals surface area contributed by atoms with Gasteiger partial charge in [0.2, 0.25) is 0 Å². The maximum atomic E-state index is 5.67. The van der Waals surface area contributed by atoms with Crippen LogP contribution in [0, 0.1) is 11.8 Å². The summed E-state index contributed by atoms with van der Waals surface area (Å²) in [6, 6.07) is 0. The highest BCUT2D eigenvalue weighted by atomic mass is 16.5. The van der Waals surface area contributed by atoms with Crippen LogP contribution in [0.25, 0.3) is 0 Å². The number of hydrogen-bond donors (Lipinski definition) is 0. The van der Waals surface area contributed by atoms with Crippen LogP contribution >= 0.6 is 0 Å². The van der Waals surface area contributed by atoms with E-state index in [9.17, 15) is 0 Å². The van der Waals surface area contributed by atoms with Gasteiger partial charge in [0.25, 0.3) is 0 Å². The van der Waals surface area contributed by atoms with E-state index in [4.69, 9.17) is 4.74 Å². The van der Waals surface area contributed by atoms with Crippen molar-refractivity contribution in [3.8, 4) is 0 Å². The Labute approximate surface area is 71.1 Å². The summed E-state index contributed by atoms with van der Waals surface area (Å²) in [4.78, 5) is 0. The minimum absolute atomic E-state index is 0.353. The van der Waals surface area contributed by atoms with Gasteiger partial charge in [-0.25, -0.2) is 0 Å². The third-order valence-corrected chi connectivity index (χ3v) is 2.28. The summed E-state index contributed by atoms with van der Waals surface area (Å²) < 4.78 is 5.67. The molecule has 0 aromatic carbocycles. The Morgan fingerprint density at radius 1 is 0.818 bits per heavy atom. The van der Waals surface area contributed by atoms with Crippen molar-refractivity contribution in [2.45, 2.75) is 53.8 Å². The lowest BCUT2D eigenvalue weighted by Crippen LogP contribution is -2.25. The van der Waals surface area contributed by atoms with E-state index in [1.807, 2.05) is 0 Å². The minimum Gasteiger partial charge on any atom is -0.376 e. The van der Waals surface area contributed by atoms with Crippen LogP contribution in [-0.4, -0.2) is 12.2 Å². The molecule has 0 radical (unpaired) electrons. The van der Waals surface area contributed by atoms with Gasteiger partial charge < -0.3 is 4.74 Å². The van der Waals surface area contributed by atoms with Crippen molar-refractivity contribution < 1.29 is 4.74 Å². The molecule has 0 fully saturated rings. The molecule has 0 rings (SSSR count). The standard InChI is InChI=1S/C10H22O/c1-7(2)9(5)10(6)11-8(3)4/h7-10H,1-6H3. The summed E-state index contributed by atoms with van der Waals surface area (Å²) in [5, 5.41) is 0. The van der Waals surface area contributed by atoms with Gasteiger partial charge in [-0.15, -0.1) is 0 Å². The lowest BCUT2D eigenvalue weighted by Gasteiger charge is -2.25. The van der Waals surface area contributed by atoms with Crippen molar-refractivity contribution in [2.24, 2.45) is 11.8 Å². The predicted molar refractivity (Wildman–Crippen MR) is 49.7 cm³/mol. The van der Waals surface area contributed by atoms with Crippen molar-refractivity contribution in [1.29, 1.82) is 0 Å². The SMILES string of the molecule is CC(C)OC(C)C(C)C(C)C. The molecule has 0 N–H and O–H groups in total. The molecule has 0 aliphatic carbocycles. The lowest BCUT2D eigenvalue weighted by atomic mass is 9.93. The summed E-state index contributed by atoms with van der Waals surface area (Å²) >= 11 is 0. The highest BCUT2D eigenvalue weighted by Crippen LogP contribution is 2.17. The summed E-state index contributed by atoms with van der Waals surface area (Å²) in [6.07, 6.45) is 0.737. The molecule has 0 heterocycles. The van der Waals surface area contributed by atoms with E-state index < -0.39 is 0 Å². The Morgan fingerprint density at radius 3 is 1.55 bits per heavy atom. The van der Waals surface area contributed by atoms with E-state index in [1.165, 1.54) is 0 Å². The second-order valence-electron chi connectivity index (χ2n) is 3.99. The lowest BCUT2D eigenvalue weighted by molar-refractivity contribution is -0.0216. The zero-order valence-corrected chi connectivity index (χ0v) is 8.72. The summed E-state index contributed by atoms with van der Waals surface area (Å²) in [6.45, 7) is 13.1. The Kier molecular flexibility index (Phi) is 4.74. The van der Waals surface area contributed by atoms with Gasteiger partial charge in [0.05, 0.1) is 12.2 Å². The second-order valence-corrected chi connectivity index (χ2v) is 3.99. The second kappa shape index (κ2) is 4.76. The van der Waals surface area contributed by atoms with E-state index in [2.05, 4.69) is 41.5 Å². The Morgan fingerprint density at radius 2 is 1.27 bits per heavy atom.